The molecule has 60 heavy (non-hydrogen) atoms. The fourth-order valence-corrected chi connectivity index (χ4v) is 9.74. The summed E-state index contributed by atoms with van der Waals surface area (Å²) in [4.78, 5) is 15.3. The summed E-state index contributed by atoms with van der Waals surface area (Å²) in [6, 6.07) is 60.7. The minimum absolute atomic E-state index is 0.181. The Morgan fingerprint density at radius 1 is 0.533 bits per heavy atom. The highest BCUT2D eigenvalue weighted by Gasteiger charge is 2.51. The number of fused-ring (bicyclic) bond motifs is 10. The van der Waals surface area contributed by atoms with Crippen molar-refractivity contribution in [1.82, 2.24) is 10.3 Å². The molecule has 1 spiro atoms. The van der Waals surface area contributed by atoms with Crippen molar-refractivity contribution in [2.24, 2.45) is 15.9 Å². The number of hydrogen-bond donors (Lipinski definition) is 1. The smallest absolute Gasteiger partial charge is 0.159 e. The van der Waals surface area contributed by atoms with Crippen molar-refractivity contribution in [1.29, 1.82) is 0 Å². The van der Waals surface area contributed by atoms with Gasteiger partial charge < -0.3 is 10.1 Å². The second kappa shape index (κ2) is 13.7. The van der Waals surface area contributed by atoms with Crippen LogP contribution in [-0.2, 0) is 5.41 Å². The van der Waals surface area contributed by atoms with E-state index in [9.17, 15) is 0 Å². The maximum Gasteiger partial charge on any atom is 0.159 e. The van der Waals surface area contributed by atoms with E-state index in [1.54, 1.807) is 0 Å². The molecule has 12 rings (SSSR count). The molecule has 4 aliphatic rings. The standard InChI is InChI=1S/C55H38N4O/c1-3-13-35(14-4-1)38-17-11-18-41(31-38)53-57-52(37-15-5-2-6-16-37)58-54(59-53)42-27-29-46-44(33-42)43-32-39(40-25-24-36-19-12-30-56-49(36)34-40)26-28-45(43)55(46)47-20-7-9-22-50(47)60-51-23-10-8-21-48(51)55/h1-15,17-34,37,52H,16H2,(H,57,58,59). The molecule has 284 valence electrons. The van der Waals surface area contributed by atoms with Crippen LogP contribution in [0, 0.1) is 5.92 Å². The SMILES string of the molecule is C1=CCC(C2N=C(c3cccc(-c4ccccc4)c3)N=C(c3ccc4c(c3)-c3cc(-c5ccc6cccnc6c5)ccc3C43c4ccccc4Oc4ccccc43)N2)C=C1. The Morgan fingerprint density at radius 3 is 1.98 bits per heavy atom. The molecule has 0 amide bonds. The zero-order valence-corrected chi connectivity index (χ0v) is 32.7. The van der Waals surface area contributed by atoms with Gasteiger partial charge in [0.15, 0.2) is 5.84 Å². The average Bonchev–Trinajstić information content (AvgIpc) is 3.61. The molecule has 0 fully saturated rings. The molecule has 1 N–H and O–H groups in total. The number of amidine groups is 2. The molecule has 2 unspecified atom stereocenters. The Bertz CT molecular complexity index is 3110. The van der Waals surface area contributed by atoms with Gasteiger partial charge in [0.05, 0.1) is 10.9 Å². The van der Waals surface area contributed by atoms with Gasteiger partial charge in [-0.2, -0.15) is 0 Å². The first-order chi connectivity index (χ1) is 29.7. The molecule has 8 aromatic rings. The molecule has 5 nitrogen and oxygen atoms in total. The van der Waals surface area contributed by atoms with Gasteiger partial charge in [0.2, 0.25) is 0 Å². The molecule has 7 aromatic carbocycles. The minimum atomic E-state index is -0.591. The molecule has 2 aliphatic heterocycles. The Morgan fingerprint density at radius 2 is 1.20 bits per heavy atom. The van der Waals surface area contributed by atoms with Gasteiger partial charge in [-0.3, -0.25) is 4.98 Å². The Labute approximate surface area is 348 Å². The molecule has 1 aromatic heterocycles. The lowest BCUT2D eigenvalue weighted by molar-refractivity contribution is 0.436. The molecule has 2 atom stereocenters. The summed E-state index contributed by atoms with van der Waals surface area (Å²) in [5.74, 6) is 3.47. The van der Waals surface area contributed by atoms with Crippen molar-refractivity contribution in [3.63, 3.8) is 0 Å². The third kappa shape index (κ3) is 5.43. The first-order valence-corrected chi connectivity index (χ1v) is 20.6. The third-order valence-corrected chi connectivity index (χ3v) is 12.6. The summed E-state index contributed by atoms with van der Waals surface area (Å²) in [6.45, 7) is 0. The van der Waals surface area contributed by atoms with Crippen molar-refractivity contribution in [2.75, 3.05) is 0 Å². The number of aliphatic imine (C=N–C) groups is 2. The molecule has 0 radical (unpaired) electrons. The van der Waals surface area contributed by atoms with Crippen LogP contribution >= 0.6 is 0 Å². The maximum absolute atomic E-state index is 6.65. The summed E-state index contributed by atoms with van der Waals surface area (Å²) >= 11 is 0. The van der Waals surface area contributed by atoms with Gasteiger partial charge in [0.1, 0.15) is 23.5 Å². The number of rotatable bonds is 5. The summed E-state index contributed by atoms with van der Waals surface area (Å²) in [5.41, 5.74) is 14.1. The molecule has 5 heteroatoms. The number of para-hydroxylation sites is 2. The van der Waals surface area contributed by atoms with Crippen LogP contribution in [0.4, 0.5) is 0 Å². The lowest BCUT2D eigenvalue weighted by Crippen LogP contribution is -2.43. The Hall–Kier alpha value is -7.63. The van der Waals surface area contributed by atoms with Gasteiger partial charge in [0.25, 0.3) is 0 Å². The summed E-state index contributed by atoms with van der Waals surface area (Å²) in [6.07, 6.45) is 11.3. The normalized spacial score (nSPS) is 17.7. The highest BCUT2D eigenvalue weighted by atomic mass is 16.5. The first kappa shape index (κ1) is 34.4. The highest BCUT2D eigenvalue weighted by Crippen LogP contribution is 2.62. The second-order valence-electron chi connectivity index (χ2n) is 15.9. The maximum atomic E-state index is 6.65. The second-order valence-corrected chi connectivity index (χ2v) is 15.9. The van der Waals surface area contributed by atoms with Gasteiger partial charge >= 0.3 is 0 Å². The first-order valence-electron chi connectivity index (χ1n) is 20.6. The molecule has 0 bridgehead atoms. The van der Waals surface area contributed by atoms with Gasteiger partial charge in [0, 0.05) is 39.8 Å². The number of hydrogen-bond acceptors (Lipinski definition) is 5. The van der Waals surface area contributed by atoms with Gasteiger partial charge in [-0.25, -0.2) is 9.98 Å². The van der Waals surface area contributed by atoms with Crippen LogP contribution in [0.15, 0.2) is 210 Å². The zero-order valence-electron chi connectivity index (χ0n) is 32.7. The predicted octanol–water partition coefficient (Wildman–Crippen LogP) is 12.3. The third-order valence-electron chi connectivity index (χ3n) is 12.6. The van der Waals surface area contributed by atoms with E-state index in [0.717, 1.165) is 85.0 Å². The van der Waals surface area contributed by atoms with Crippen LogP contribution in [0.2, 0.25) is 0 Å². The molecule has 2 aliphatic carbocycles. The van der Waals surface area contributed by atoms with E-state index in [-0.39, 0.29) is 12.1 Å². The van der Waals surface area contributed by atoms with E-state index in [4.69, 9.17) is 19.7 Å². The molecule has 0 saturated carbocycles. The van der Waals surface area contributed by atoms with Gasteiger partial charge in [-0.15, -0.1) is 0 Å². The quantitative estimate of drug-likeness (QED) is 0.190. The lowest BCUT2D eigenvalue weighted by Gasteiger charge is -2.39. The van der Waals surface area contributed by atoms with Gasteiger partial charge in [-0.05, 0) is 93.4 Å². The predicted molar refractivity (Wildman–Crippen MR) is 243 cm³/mol. The number of ether oxygens (including phenoxy) is 1. The van der Waals surface area contributed by atoms with Crippen molar-refractivity contribution in [3.8, 4) is 44.9 Å². The average molecular weight is 771 g/mol. The Kier molecular flexibility index (Phi) is 7.88. The van der Waals surface area contributed by atoms with Crippen LogP contribution in [0.1, 0.15) is 39.8 Å². The molecule has 0 saturated heterocycles. The number of allylic oxidation sites excluding steroid dienone is 3. The number of aromatic nitrogens is 1. The van der Waals surface area contributed by atoms with E-state index in [0.29, 0.717) is 0 Å². The van der Waals surface area contributed by atoms with Crippen molar-refractivity contribution in [3.05, 3.63) is 234 Å². The molecular weight excluding hydrogens is 733 g/mol. The van der Waals surface area contributed by atoms with Crippen LogP contribution in [-0.4, -0.2) is 22.8 Å². The number of pyridine rings is 1. The van der Waals surface area contributed by atoms with E-state index in [1.165, 1.54) is 22.3 Å². The topological polar surface area (TPSA) is 58.9 Å². The van der Waals surface area contributed by atoms with E-state index >= 15 is 0 Å². The minimum Gasteiger partial charge on any atom is -0.457 e. The molecule has 3 heterocycles. The number of nitrogens with one attached hydrogen (secondary N) is 1. The monoisotopic (exact) mass is 770 g/mol. The van der Waals surface area contributed by atoms with Crippen LogP contribution in [0.5, 0.6) is 11.5 Å². The fraction of sp³-hybridized carbons (Fsp3) is 0.0727. The van der Waals surface area contributed by atoms with Gasteiger partial charge in [-0.1, -0.05) is 152 Å². The molecular formula is C55H38N4O. The van der Waals surface area contributed by atoms with E-state index in [2.05, 4.69) is 193 Å². The lowest BCUT2D eigenvalue weighted by atomic mass is 9.66. The fourth-order valence-electron chi connectivity index (χ4n) is 9.74. The number of benzene rings is 7. The van der Waals surface area contributed by atoms with Crippen molar-refractivity contribution >= 4 is 22.6 Å². The number of nitrogens with zero attached hydrogens (tertiary/aromatic N) is 3. The highest BCUT2D eigenvalue weighted by molar-refractivity contribution is 6.14. The van der Waals surface area contributed by atoms with Crippen molar-refractivity contribution < 1.29 is 4.74 Å². The van der Waals surface area contributed by atoms with Crippen LogP contribution in [0.3, 0.4) is 0 Å². The van der Waals surface area contributed by atoms with Crippen LogP contribution in [0.25, 0.3) is 44.3 Å². The van der Waals surface area contributed by atoms with Crippen molar-refractivity contribution in [2.45, 2.75) is 18.0 Å². The zero-order chi connectivity index (χ0) is 39.6. The van der Waals surface area contributed by atoms with E-state index in [1.807, 2.05) is 12.3 Å². The Balaban J connectivity index is 1.05. The van der Waals surface area contributed by atoms with E-state index < -0.39 is 5.41 Å². The summed E-state index contributed by atoms with van der Waals surface area (Å²) in [5, 5.41) is 4.93. The van der Waals surface area contributed by atoms with Crippen LogP contribution < -0.4 is 10.1 Å². The largest absolute Gasteiger partial charge is 0.457 e. The summed E-state index contributed by atoms with van der Waals surface area (Å²) in [7, 11) is 0. The summed E-state index contributed by atoms with van der Waals surface area (Å²) < 4.78 is 6.65.